The smallest absolute Gasteiger partial charge is 0.0700 e. The van der Waals surface area contributed by atoms with Crippen molar-refractivity contribution in [2.24, 2.45) is 5.92 Å². The molecular weight excluding hydrogens is 192 g/mol. The monoisotopic (exact) mass is 216 g/mol. The summed E-state index contributed by atoms with van der Waals surface area (Å²) in [7, 11) is 1.68. The average Bonchev–Trinajstić information content (AvgIpc) is 2.44. The first kappa shape index (κ1) is 12.9. The second kappa shape index (κ2) is 8.08. The van der Waals surface area contributed by atoms with Crippen LogP contribution in [0.5, 0.6) is 0 Å². The molecule has 2 atom stereocenters. The highest BCUT2D eigenvalue weighted by Gasteiger charge is 2.20. The van der Waals surface area contributed by atoms with Crippen LogP contribution in [-0.2, 0) is 9.47 Å². The molecule has 0 aromatic heterocycles. The summed E-state index contributed by atoms with van der Waals surface area (Å²) in [5.41, 5.74) is 0. The molecule has 1 aliphatic rings. The lowest BCUT2D eigenvalue weighted by Gasteiger charge is -2.19. The van der Waals surface area contributed by atoms with Gasteiger partial charge in [-0.05, 0) is 25.2 Å². The molecule has 1 fully saturated rings. The summed E-state index contributed by atoms with van der Waals surface area (Å²) in [5, 5.41) is 9.87. The number of aliphatic hydroxyl groups excluding tert-OH is 1. The van der Waals surface area contributed by atoms with Gasteiger partial charge in [0.25, 0.3) is 0 Å². The van der Waals surface area contributed by atoms with Crippen LogP contribution in [0, 0.1) is 5.92 Å². The van der Waals surface area contributed by atoms with Crippen molar-refractivity contribution in [1.29, 1.82) is 0 Å². The highest BCUT2D eigenvalue weighted by Crippen LogP contribution is 2.25. The zero-order valence-corrected chi connectivity index (χ0v) is 9.78. The minimum Gasteiger partial charge on any atom is -0.393 e. The molecule has 0 radical (unpaired) electrons. The normalized spacial score (nSPS) is 27.6. The summed E-state index contributed by atoms with van der Waals surface area (Å²) in [5.74, 6) is 0.454. The van der Waals surface area contributed by atoms with Gasteiger partial charge in [0, 0.05) is 13.7 Å². The SMILES string of the molecule is COCCOCCC1CCCCCC1O. The molecule has 0 aromatic carbocycles. The van der Waals surface area contributed by atoms with E-state index in [1.807, 2.05) is 0 Å². The lowest BCUT2D eigenvalue weighted by atomic mass is 9.94. The number of ether oxygens (including phenoxy) is 2. The van der Waals surface area contributed by atoms with Gasteiger partial charge < -0.3 is 14.6 Å². The number of hydrogen-bond acceptors (Lipinski definition) is 3. The van der Waals surface area contributed by atoms with Crippen molar-refractivity contribution in [2.45, 2.75) is 44.6 Å². The van der Waals surface area contributed by atoms with Crippen LogP contribution in [0.3, 0.4) is 0 Å². The first-order chi connectivity index (χ1) is 7.34. The molecule has 15 heavy (non-hydrogen) atoms. The Morgan fingerprint density at radius 1 is 1.07 bits per heavy atom. The van der Waals surface area contributed by atoms with E-state index in [0.717, 1.165) is 25.9 Å². The molecule has 1 aliphatic carbocycles. The Hall–Kier alpha value is -0.120. The Kier molecular flexibility index (Phi) is 6.98. The lowest BCUT2D eigenvalue weighted by Crippen LogP contribution is -2.20. The highest BCUT2D eigenvalue weighted by molar-refractivity contribution is 4.72. The average molecular weight is 216 g/mol. The van der Waals surface area contributed by atoms with Crippen LogP contribution in [0.15, 0.2) is 0 Å². The summed E-state index contributed by atoms with van der Waals surface area (Å²) < 4.78 is 10.3. The molecule has 0 spiro atoms. The Morgan fingerprint density at radius 2 is 1.87 bits per heavy atom. The molecule has 0 saturated heterocycles. The molecule has 0 heterocycles. The van der Waals surface area contributed by atoms with Crippen LogP contribution in [0.4, 0.5) is 0 Å². The maximum atomic E-state index is 9.87. The Bertz CT molecular complexity index is 150. The second-order valence-corrected chi connectivity index (χ2v) is 4.36. The van der Waals surface area contributed by atoms with Crippen LogP contribution >= 0.6 is 0 Å². The van der Waals surface area contributed by atoms with Crippen LogP contribution in [0.2, 0.25) is 0 Å². The molecule has 1 rings (SSSR count). The van der Waals surface area contributed by atoms with Gasteiger partial charge in [-0.3, -0.25) is 0 Å². The largest absolute Gasteiger partial charge is 0.393 e. The van der Waals surface area contributed by atoms with E-state index in [9.17, 15) is 5.11 Å². The number of rotatable bonds is 6. The fourth-order valence-electron chi connectivity index (χ4n) is 2.18. The summed E-state index contributed by atoms with van der Waals surface area (Å²) >= 11 is 0. The molecule has 90 valence electrons. The minimum atomic E-state index is -0.0986. The molecule has 0 bridgehead atoms. The van der Waals surface area contributed by atoms with Crippen molar-refractivity contribution in [3.05, 3.63) is 0 Å². The van der Waals surface area contributed by atoms with Crippen molar-refractivity contribution in [1.82, 2.24) is 0 Å². The van der Waals surface area contributed by atoms with E-state index in [1.165, 1.54) is 19.3 Å². The van der Waals surface area contributed by atoms with Crippen molar-refractivity contribution < 1.29 is 14.6 Å². The second-order valence-electron chi connectivity index (χ2n) is 4.36. The first-order valence-corrected chi connectivity index (χ1v) is 6.09. The maximum absolute atomic E-state index is 9.87. The molecule has 0 aromatic rings. The third kappa shape index (κ3) is 5.50. The van der Waals surface area contributed by atoms with E-state index in [0.29, 0.717) is 19.1 Å². The van der Waals surface area contributed by atoms with Gasteiger partial charge in [0.2, 0.25) is 0 Å². The van der Waals surface area contributed by atoms with Gasteiger partial charge >= 0.3 is 0 Å². The molecule has 3 nitrogen and oxygen atoms in total. The third-order valence-electron chi connectivity index (χ3n) is 3.18. The zero-order chi connectivity index (χ0) is 10.9. The number of methoxy groups -OCH3 is 1. The van der Waals surface area contributed by atoms with Crippen molar-refractivity contribution >= 4 is 0 Å². The van der Waals surface area contributed by atoms with Gasteiger partial charge in [0.15, 0.2) is 0 Å². The topological polar surface area (TPSA) is 38.7 Å². The molecule has 3 heteroatoms. The fraction of sp³-hybridized carbons (Fsp3) is 1.00. The fourth-order valence-corrected chi connectivity index (χ4v) is 2.18. The minimum absolute atomic E-state index is 0.0986. The predicted octanol–water partition coefficient (Wildman–Crippen LogP) is 1.98. The van der Waals surface area contributed by atoms with Crippen LogP contribution < -0.4 is 0 Å². The number of hydrogen-bond donors (Lipinski definition) is 1. The summed E-state index contributed by atoms with van der Waals surface area (Å²) in [6.45, 7) is 2.08. The summed E-state index contributed by atoms with van der Waals surface area (Å²) in [4.78, 5) is 0. The van der Waals surface area contributed by atoms with E-state index in [4.69, 9.17) is 9.47 Å². The van der Waals surface area contributed by atoms with Gasteiger partial charge in [0.1, 0.15) is 0 Å². The van der Waals surface area contributed by atoms with Gasteiger partial charge in [-0.2, -0.15) is 0 Å². The standard InChI is InChI=1S/C12H24O3/c1-14-9-10-15-8-7-11-5-3-2-4-6-12(11)13/h11-13H,2-10H2,1H3. The summed E-state index contributed by atoms with van der Waals surface area (Å²) in [6, 6.07) is 0. The van der Waals surface area contributed by atoms with Crippen molar-refractivity contribution in [3.8, 4) is 0 Å². The first-order valence-electron chi connectivity index (χ1n) is 6.09. The van der Waals surface area contributed by atoms with Crippen molar-refractivity contribution in [3.63, 3.8) is 0 Å². The molecule has 0 aliphatic heterocycles. The van der Waals surface area contributed by atoms with Gasteiger partial charge in [0.05, 0.1) is 19.3 Å². The van der Waals surface area contributed by atoms with E-state index in [-0.39, 0.29) is 6.10 Å². The molecule has 1 saturated carbocycles. The lowest BCUT2D eigenvalue weighted by molar-refractivity contribution is 0.0403. The Morgan fingerprint density at radius 3 is 2.67 bits per heavy atom. The van der Waals surface area contributed by atoms with Gasteiger partial charge in [-0.25, -0.2) is 0 Å². The van der Waals surface area contributed by atoms with E-state index >= 15 is 0 Å². The highest BCUT2D eigenvalue weighted by atomic mass is 16.5. The Labute approximate surface area is 92.8 Å². The van der Waals surface area contributed by atoms with E-state index in [1.54, 1.807) is 7.11 Å². The van der Waals surface area contributed by atoms with E-state index in [2.05, 4.69) is 0 Å². The molecule has 2 unspecified atom stereocenters. The van der Waals surface area contributed by atoms with Crippen LogP contribution in [0.25, 0.3) is 0 Å². The van der Waals surface area contributed by atoms with Gasteiger partial charge in [-0.15, -0.1) is 0 Å². The van der Waals surface area contributed by atoms with E-state index < -0.39 is 0 Å². The van der Waals surface area contributed by atoms with Crippen molar-refractivity contribution in [2.75, 3.05) is 26.9 Å². The third-order valence-corrected chi connectivity index (χ3v) is 3.18. The van der Waals surface area contributed by atoms with Crippen LogP contribution in [-0.4, -0.2) is 38.1 Å². The molecule has 1 N–H and O–H groups in total. The van der Waals surface area contributed by atoms with Gasteiger partial charge in [-0.1, -0.05) is 19.3 Å². The Balaban J connectivity index is 2.07. The predicted molar refractivity (Wildman–Crippen MR) is 59.9 cm³/mol. The maximum Gasteiger partial charge on any atom is 0.0700 e. The molecule has 0 amide bonds. The molecular formula is C12H24O3. The number of aliphatic hydroxyl groups is 1. The van der Waals surface area contributed by atoms with Crippen LogP contribution in [0.1, 0.15) is 38.5 Å². The quantitative estimate of drug-likeness (QED) is 0.545. The summed E-state index contributed by atoms with van der Waals surface area (Å²) in [6.07, 6.45) is 6.75. The zero-order valence-electron chi connectivity index (χ0n) is 9.78.